The second-order valence-electron chi connectivity index (χ2n) is 5.31. The summed E-state index contributed by atoms with van der Waals surface area (Å²) in [6, 6.07) is 5.69. The van der Waals surface area contributed by atoms with Crippen LogP contribution >= 0.6 is 11.6 Å². The molecule has 0 spiro atoms. The third-order valence-corrected chi connectivity index (χ3v) is 4.01. The monoisotopic (exact) mass is 353 g/mol. The van der Waals surface area contributed by atoms with Crippen molar-refractivity contribution in [3.63, 3.8) is 0 Å². The molecule has 6 nitrogen and oxygen atoms in total. The van der Waals surface area contributed by atoms with E-state index in [0.717, 1.165) is 5.56 Å². The van der Waals surface area contributed by atoms with E-state index in [2.05, 4.69) is 10.4 Å². The van der Waals surface area contributed by atoms with E-state index in [0.29, 0.717) is 23.0 Å². The SMILES string of the molecule is Cc1nn(Cc2ccccc2Cl)c(C)c1C(=O)NC(CF)C(=O)O. The molecular weight excluding hydrogens is 337 g/mol. The Morgan fingerprint density at radius 1 is 1.38 bits per heavy atom. The van der Waals surface area contributed by atoms with Crippen molar-refractivity contribution in [3.05, 3.63) is 51.8 Å². The molecule has 1 aromatic heterocycles. The predicted octanol–water partition coefficient (Wildman–Crippen LogP) is 2.35. The van der Waals surface area contributed by atoms with E-state index in [1.807, 2.05) is 18.2 Å². The van der Waals surface area contributed by atoms with Gasteiger partial charge in [0, 0.05) is 10.7 Å². The summed E-state index contributed by atoms with van der Waals surface area (Å²) in [6.45, 7) is 2.51. The van der Waals surface area contributed by atoms with Gasteiger partial charge in [0.25, 0.3) is 5.91 Å². The summed E-state index contributed by atoms with van der Waals surface area (Å²) in [7, 11) is 0. The second-order valence-corrected chi connectivity index (χ2v) is 5.72. The van der Waals surface area contributed by atoms with E-state index < -0.39 is 24.6 Å². The van der Waals surface area contributed by atoms with E-state index >= 15 is 0 Å². The van der Waals surface area contributed by atoms with Crippen molar-refractivity contribution in [2.45, 2.75) is 26.4 Å². The van der Waals surface area contributed by atoms with Crippen LogP contribution in [0.4, 0.5) is 4.39 Å². The van der Waals surface area contributed by atoms with Crippen molar-refractivity contribution in [1.82, 2.24) is 15.1 Å². The second kappa shape index (κ2) is 7.44. The predicted molar refractivity (Wildman–Crippen MR) is 87.1 cm³/mol. The van der Waals surface area contributed by atoms with E-state index in [1.54, 1.807) is 24.6 Å². The van der Waals surface area contributed by atoms with Crippen LogP contribution in [0.5, 0.6) is 0 Å². The molecule has 1 amide bonds. The van der Waals surface area contributed by atoms with Crippen molar-refractivity contribution in [2.75, 3.05) is 6.67 Å². The Morgan fingerprint density at radius 2 is 2.04 bits per heavy atom. The van der Waals surface area contributed by atoms with Gasteiger partial charge in [-0.15, -0.1) is 0 Å². The van der Waals surface area contributed by atoms with Crippen LogP contribution in [0, 0.1) is 13.8 Å². The molecule has 0 bridgehead atoms. The van der Waals surface area contributed by atoms with Crippen molar-refractivity contribution < 1.29 is 19.1 Å². The number of carboxylic acids is 1. The number of aromatic nitrogens is 2. The number of amides is 1. The zero-order valence-electron chi connectivity index (χ0n) is 13.2. The van der Waals surface area contributed by atoms with Gasteiger partial charge in [-0.2, -0.15) is 5.10 Å². The number of carboxylic acid groups (broad SMARTS) is 1. The van der Waals surface area contributed by atoms with Gasteiger partial charge in [0.15, 0.2) is 6.04 Å². The highest BCUT2D eigenvalue weighted by molar-refractivity contribution is 6.31. The van der Waals surface area contributed by atoms with Gasteiger partial charge >= 0.3 is 5.97 Å². The molecule has 0 radical (unpaired) electrons. The number of alkyl halides is 1. The third-order valence-electron chi connectivity index (χ3n) is 3.64. The summed E-state index contributed by atoms with van der Waals surface area (Å²) in [5.74, 6) is -2.09. The highest BCUT2D eigenvalue weighted by atomic mass is 35.5. The molecule has 0 aliphatic heterocycles. The smallest absolute Gasteiger partial charge is 0.328 e. The molecule has 0 saturated carbocycles. The molecule has 0 aliphatic rings. The first-order valence-corrected chi connectivity index (χ1v) is 7.60. The number of rotatable bonds is 6. The summed E-state index contributed by atoms with van der Waals surface area (Å²) in [5.41, 5.74) is 2.05. The highest BCUT2D eigenvalue weighted by Crippen LogP contribution is 2.19. The van der Waals surface area contributed by atoms with Gasteiger partial charge in [-0.25, -0.2) is 9.18 Å². The molecule has 1 unspecified atom stereocenters. The number of hydrogen-bond donors (Lipinski definition) is 2. The summed E-state index contributed by atoms with van der Waals surface area (Å²) < 4.78 is 14.3. The molecular formula is C16H17ClFN3O3. The summed E-state index contributed by atoms with van der Waals surface area (Å²) in [4.78, 5) is 23.1. The molecule has 0 saturated heterocycles. The Hall–Kier alpha value is -2.41. The van der Waals surface area contributed by atoms with Crippen LogP contribution in [0.3, 0.4) is 0 Å². The number of benzene rings is 1. The molecule has 1 heterocycles. The highest BCUT2D eigenvalue weighted by Gasteiger charge is 2.25. The van der Waals surface area contributed by atoms with Crippen LogP contribution in [-0.2, 0) is 11.3 Å². The third kappa shape index (κ3) is 3.73. The molecule has 1 atom stereocenters. The molecule has 0 aliphatic carbocycles. The van der Waals surface area contributed by atoms with Gasteiger partial charge in [0.05, 0.1) is 17.8 Å². The average Bonchev–Trinajstić information content (AvgIpc) is 2.80. The summed E-state index contributed by atoms with van der Waals surface area (Å²) in [5, 5.41) is 15.9. The molecule has 1 aromatic carbocycles. The number of halogens is 2. The maximum atomic E-state index is 12.7. The normalized spacial score (nSPS) is 12.0. The minimum absolute atomic E-state index is 0.238. The number of aryl methyl sites for hydroxylation is 1. The van der Waals surface area contributed by atoms with E-state index in [1.165, 1.54) is 0 Å². The molecule has 24 heavy (non-hydrogen) atoms. The van der Waals surface area contributed by atoms with Gasteiger partial charge < -0.3 is 10.4 Å². The van der Waals surface area contributed by atoms with Crippen LogP contribution < -0.4 is 5.32 Å². The van der Waals surface area contributed by atoms with Crippen LogP contribution in [0.1, 0.15) is 27.3 Å². The fraction of sp³-hybridized carbons (Fsp3) is 0.312. The van der Waals surface area contributed by atoms with Gasteiger partial charge in [-0.1, -0.05) is 29.8 Å². The number of aliphatic carboxylic acids is 1. The van der Waals surface area contributed by atoms with Crippen molar-refractivity contribution >= 4 is 23.5 Å². The number of nitrogens with one attached hydrogen (secondary N) is 1. The van der Waals surface area contributed by atoms with E-state index in [-0.39, 0.29) is 5.56 Å². The molecule has 2 N–H and O–H groups in total. The topological polar surface area (TPSA) is 84.2 Å². The lowest BCUT2D eigenvalue weighted by Crippen LogP contribution is -2.42. The quantitative estimate of drug-likeness (QED) is 0.835. The largest absolute Gasteiger partial charge is 0.480 e. The maximum absolute atomic E-state index is 12.7. The standard InChI is InChI=1S/C16H17ClFN3O3/c1-9-14(15(22)19-13(7-18)16(23)24)10(2)21(20-9)8-11-5-3-4-6-12(11)17/h3-6,13H,7-8H2,1-2H3,(H,19,22)(H,23,24). The van der Waals surface area contributed by atoms with Crippen LogP contribution in [0.25, 0.3) is 0 Å². The number of carbonyl (C=O) groups is 2. The van der Waals surface area contributed by atoms with Crippen LogP contribution in [-0.4, -0.2) is 39.5 Å². The van der Waals surface area contributed by atoms with Gasteiger partial charge in [0.1, 0.15) is 6.67 Å². The molecule has 8 heteroatoms. The van der Waals surface area contributed by atoms with Crippen molar-refractivity contribution in [2.24, 2.45) is 0 Å². The Bertz CT molecular complexity index is 776. The van der Waals surface area contributed by atoms with Crippen LogP contribution in [0.2, 0.25) is 5.02 Å². The Labute approximate surface area is 143 Å². The zero-order valence-corrected chi connectivity index (χ0v) is 14.0. The number of hydrogen-bond acceptors (Lipinski definition) is 3. The average molecular weight is 354 g/mol. The van der Waals surface area contributed by atoms with E-state index in [4.69, 9.17) is 16.7 Å². The van der Waals surface area contributed by atoms with Gasteiger partial charge in [-0.05, 0) is 25.5 Å². The van der Waals surface area contributed by atoms with Crippen molar-refractivity contribution in [1.29, 1.82) is 0 Å². The first kappa shape index (κ1) is 17.9. The van der Waals surface area contributed by atoms with Gasteiger partial charge in [-0.3, -0.25) is 9.48 Å². The fourth-order valence-corrected chi connectivity index (χ4v) is 2.56. The minimum atomic E-state index is -1.58. The lowest BCUT2D eigenvalue weighted by atomic mass is 10.1. The Kier molecular flexibility index (Phi) is 5.56. The van der Waals surface area contributed by atoms with Crippen LogP contribution in [0.15, 0.2) is 24.3 Å². The summed E-state index contributed by atoms with van der Waals surface area (Å²) >= 11 is 6.13. The van der Waals surface area contributed by atoms with Crippen molar-refractivity contribution in [3.8, 4) is 0 Å². The minimum Gasteiger partial charge on any atom is -0.480 e. The Balaban J connectivity index is 2.27. The first-order valence-electron chi connectivity index (χ1n) is 7.22. The van der Waals surface area contributed by atoms with Gasteiger partial charge in [0.2, 0.25) is 0 Å². The molecule has 128 valence electrons. The zero-order chi connectivity index (χ0) is 17.9. The molecule has 2 rings (SSSR count). The first-order chi connectivity index (χ1) is 11.3. The lowest BCUT2D eigenvalue weighted by Gasteiger charge is -2.11. The summed E-state index contributed by atoms with van der Waals surface area (Å²) in [6.07, 6.45) is 0. The lowest BCUT2D eigenvalue weighted by molar-refractivity contribution is -0.139. The maximum Gasteiger partial charge on any atom is 0.328 e. The molecule has 2 aromatic rings. The van der Waals surface area contributed by atoms with E-state index in [9.17, 15) is 14.0 Å². The number of carbonyl (C=O) groups excluding carboxylic acids is 1. The fourth-order valence-electron chi connectivity index (χ4n) is 2.36. The number of nitrogens with zero attached hydrogens (tertiary/aromatic N) is 2. The Morgan fingerprint density at radius 3 is 2.62 bits per heavy atom. The molecule has 0 fully saturated rings.